The summed E-state index contributed by atoms with van der Waals surface area (Å²) < 4.78 is 62.4. The van der Waals surface area contributed by atoms with Crippen molar-refractivity contribution in [2.75, 3.05) is 13.7 Å². The summed E-state index contributed by atoms with van der Waals surface area (Å²) in [5, 5.41) is 0. The molecular weight excluding hydrogens is 276 g/mol. The summed E-state index contributed by atoms with van der Waals surface area (Å²) in [6, 6.07) is 2.72. The van der Waals surface area contributed by atoms with E-state index in [1.165, 1.54) is 26.2 Å². The minimum Gasteiger partial charge on any atom is -0.496 e. The van der Waals surface area contributed by atoms with Gasteiger partial charge in [0.1, 0.15) is 11.6 Å². The summed E-state index contributed by atoms with van der Waals surface area (Å²) in [5.41, 5.74) is -1.31. The Morgan fingerprint density at radius 3 is 2.50 bits per heavy atom. The Morgan fingerprint density at radius 2 is 2.00 bits per heavy atom. The normalized spacial score (nSPS) is 26.9. The molecule has 1 aromatic rings. The zero-order chi connectivity index (χ0) is 15.1. The van der Waals surface area contributed by atoms with E-state index in [-0.39, 0.29) is 13.0 Å². The first-order valence-electron chi connectivity index (χ1n) is 6.23. The molecule has 112 valence electrons. The van der Waals surface area contributed by atoms with Crippen LogP contribution in [0.15, 0.2) is 12.1 Å². The average molecular weight is 292 g/mol. The van der Waals surface area contributed by atoms with Crippen molar-refractivity contribution < 1.29 is 27.0 Å². The summed E-state index contributed by atoms with van der Waals surface area (Å²) >= 11 is 0. The van der Waals surface area contributed by atoms with E-state index in [1.807, 2.05) is 0 Å². The number of ether oxygens (including phenoxy) is 2. The summed E-state index contributed by atoms with van der Waals surface area (Å²) in [6.45, 7) is 2.52. The van der Waals surface area contributed by atoms with Gasteiger partial charge in [-0.05, 0) is 26.3 Å². The Morgan fingerprint density at radius 1 is 1.35 bits per heavy atom. The Hall–Kier alpha value is -1.30. The Balaban J connectivity index is 2.34. The SMILES string of the molecule is COc1c(C2COC(C)(C(F)(F)F)C2)ccc(F)c1C. The Kier molecular flexibility index (Phi) is 3.71. The molecule has 2 atom stereocenters. The molecule has 20 heavy (non-hydrogen) atoms. The quantitative estimate of drug-likeness (QED) is 0.768. The second kappa shape index (κ2) is 4.91. The second-order valence-electron chi connectivity index (χ2n) is 5.24. The van der Waals surface area contributed by atoms with Gasteiger partial charge in [0.2, 0.25) is 0 Å². The van der Waals surface area contributed by atoms with Gasteiger partial charge < -0.3 is 9.47 Å². The number of hydrogen-bond donors (Lipinski definition) is 0. The number of alkyl halides is 3. The van der Waals surface area contributed by atoms with Crippen LogP contribution < -0.4 is 4.74 Å². The maximum Gasteiger partial charge on any atom is 0.417 e. The van der Waals surface area contributed by atoms with Crippen LogP contribution in [0.4, 0.5) is 17.6 Å². The van der Waals surface area contributed by atoms with Gasteiger partial charge in [0.25, 0.3) is 0 Å². The van der Waals surface area contributed by atoms with Gasteiger partial charge in [-0.2, -0.15) is 13.2 Å². The van der Waals surface area contributed by atoms with Crippen molar-refractivity contribution in [2.24, 2.45) is 0 Å². The molecule has 1 fully saturated rings. The molecule has 2 nitrogen and oxygen atoms in total. The zero-order valence-electron chi connectivity index (χ0n) is 11.5. The highest BCUT2D eigenvalue weighted by atomic mass is 19.4. The highest BCUT2D eigenvalue weighted by Gasteiger charge is 2.56. The number of benzene rings is 1. The van der Waals surface area contributed by atoms with Crippen LogP contribution in [0, 0.1) is 12.7 Å². The highest BCUT2D eigenvalue weighted by molar-refractivity contribution is 5.44. The van der Waals surface area contributed by atoms with E-state index in [0.717, 1.165) is 6.92 Å². The highest BCUT2D eigenvalue weighted by Crippen LogP contribution is 2.48. The van der Waals surface area contributed by atoms with Crippen LogP contribution in [-0.2, 0) is 4.74 Å². The Bertz CT molecular complexity index is 513. The molecule has 0 spiro atoms. The molecule has 0 N–H and O–H groups in total. The van der Waals surface area contributed by atoms with Crippen molar-refractivity contribution in [1.29, 1.82) is 0 Å². The van der Waals surface area contributed by atoms with Crippen molar-refractivity contribution in [2.45, 2.75) is 38.0 Å². The largest absolute Gasteiger partial charge is 0.496 e. The second-order valence-corrected chi connectivity index (χ2v) is 5.24. The fraction of sp³-hybridized carbons (Fsp3) is 0.571. The monoisotopic (exact) mass is 292 g/mol. The van der Waals surface area contributed by atoms with Crippen LogP contribution in [0.3, 0.4) is 0 Å². The van der Waals surface area contributed by atoms with Crippen molar-refractivity contribution >= 4 is 0 Å². The van der Waals surface area contributed by atoms with Gasteiger partial charge in [-0.15, -0.1) is 0 Å². The predicted octanol–water partition coefficient (Wildman–Crippen LogP) is 3.97. The van der Waals surface area contributed by atoms with Gasteiger partial charge in [-0.3, -0.25) is 0 Å². The lowest BCUT2D eigenvalue weighted by atomic mass is 9.88. The lowest BCUT2D eigenvalue weighted by Gasteiger charge is -2.26. The molecule has 1 aromatic carbocycles. The summed E-state index contributed by atoms with van der Waals surface area (Å²) in [7, 11) is 1.38. The standard InChI is InChI=1S/C14H16F4O2/c1-8-11(15)5-4-10(12(8)19-3)9-6-13(2,20-7-9)14(16,17)18/h4-5,9H,6-7H2,1-3H3. The van der Waals surface area contributed by atoms with E-state index in [1.54, 1.807) is 0 Å². The van der Waals surface area contributed by atoms with Gasteiger partial charge in [0, 0.05) is 17.0 Å². The number of rotatable bonds is 2. The molecule has 0 aliphatic carbocycles. The molecule has 1 aliphatic heterocycles. The van der Waals surface area contributed by atoms with E-state index in [9.17, 15) is 17.6 Å². The lowest BCUT2D eigenvalue weighted by Crippen LogP contribution is -2.41. The summed E-state index contributed by atoms with van der Waals surface area (Å²) in [4.78, 5) is 0. The first-order chi connectivity index (χ1) is 9.19. The lowest BCUT2D eigenvalue weighted by molar-refractivity contribution is -0.255. The molecule has 0 saturated carbocycles. The molecule has 0 amide bonds. The summed E-state index contributed by atoms with van der Waals surface area (Å²) in [6.07, 6.45) is -4.62. The average Bonchev–Trinajstić information content (AvgIpc) is 2.76. The van der Waals surface area contributed by atoms with E-state index in [2.05, 4.69) is 0 Å². The molecular formula is C14H16F4O2. The fourth-order valence-corrected chi connectivity index (χ4v) is 2.55. The van der Waals surface area contributed by atoms with Crippen LogP contribution in [0.5, 0.6) is 5.75 Å². The van der Waals surface area contributed by atoms with Gasteiger partial charge in [-0.25, -0.2) is 4.39 Å². The minimum atomic E-state index is -4.43. The predicted molar refractivity (Wildman–Crippen MR) is 65.5 cm³/mol. The van der Waals surface area contributed by atoms with Gasteiger partial charge >= 0.3 is 6.18 Å². The van der Waals surface area contributed by atoms with Gasteiger partial charge in [0.15, 0.2) is 5.60 Å². The van der Waals surface area contributed by atoms with Crippen LogP contribution in [0.1, 0.15) is 30.4 Å². The van der Waals surface area contributed by atoms with Gasteiger partial charge in [-0.1, -0.05) is 6.07 Å². The molecule has 0 aromatic heterocycles. The van der Waals surface area contributed by atoms with Crippen LogP contribution in [0.25, 0.3) is 0 Å². The first-order valence-corrected chi connectivity index (χ1v) is 6.23. The molecule has 2 unspecified atom stereocenters. The van der Waals surface area contributed by atoms with Crippen LogP contribution >= 0.6 is 0 Å². The molecule has 2 rings (SSSR count). The van der Waals surface area contributed by atoms with Crippen molar-refractivity contribution in [3.63, 3.8) is 0 Å². The van der Waals surface area contributed by atoms with Crippen LogP contribution in [0.2, 0.25) is 0 Å². The van der Waals surface area contributed by atoms with Gasteiger partial charge in [0.05, 0.1) is 13.7 Å². The Labute approximate surface area is 114 Å². The number of halogens is 4. The molecule has 0 bridgehead atoms. The molecule has 1 heterocycles. The van der Waals surface area contributed by atoms with Crippen LogP contribution in [-0.4, -0.2) is 25.5 Å². The van der Waals surface area contributed by atoms with Crippen molar-refractivity contribution in [1.82, 2.24) is 0 Å². The number of methoxy groups -OCH3 is 1. The fourth-order valence-electron chi connectivity index (χ4n) is 2.55. The van der Waals surface area contributed by atoms with E-state index >= 15 is 0 Å². The van der Waals surface area contributed by atoms with E-state index in [4.69, 9.17) is 9.47 Å². The van der Waals surface area contributed by atoms with E-state index in [0.29, 0.717) is 16.9 Å². The zero-order valence-corrected chi connectivity index (χ0v) is 11.5. The summed E-state index contributed by atoms with van der Waals surface area (Å²) in [5.74, 6) is -0.607. The molecule has 1 aliphatic rings. The van der Waals surface area contributed by atoms with Crippen molar-refractivity contribution in [3.8, 4) is 5.75 Å². The molecule has 6 heteroatoms. The smallest absolute Gasteiger partial charge is 0.417 e. The maximum absolute atomic E-state index is 13.5. The third-order valence-electron chi connectivity index (χ3n) is 3.85. The number of hydrogen-bond acceptors (Lipinski definition) is 2. The third kappa shape index (κ3) is 2.37. The minimum absolute atomic E-state index is 0.0581. The first kappa shape index (κ1) is 15.1. The third-order valence-corrected chi connectivity index (χ3v) is 3.85. The van der Waals surface area contributed by atoms with E-state index < -0.39 is 23.5 Å². The molecule has 1 saturated heterocycles. The molecule has 0 radical (unpaired) electrons. The maximum atomic E-state index is 13.5. The van der Waals surface area contributed by atoms with Crippen molar-refractivity contribution in [3.05, 3.63) is 29.1 Å². The topological polar surface area (TPSA) is 18.5 Å².